The quantitative estimate of drug-likeness (QED) is 0.790. The fourth-order valence-electron chi connectivity index (χ4n) is 2.87. The predicted molar refractivity (Wildman–Crippen MR) is 73.8 cm³/mol. The van der Waals surface area contributed by atoms with Crippen LogP contribution in [0.4, 0.5) is 5.95 Å². The van der Waals surface area contributed by atoms with Gasteiger partial charge in [-0.05, 0) is 31.1 Å². The molecule has 1 heterocycles. The summed E-state index contributed by atoms with van der Waals surface area (Å²) in [6.07, 6.45) is 7.62. The van der Waals surface area contributed by atoms with E-state index in [1.807, 2.05) is 6.20 Å². The molecule has 0 aromatic carbocycles. The third-order valence-electron chi connectivity index (χ3n) is 4.26. The zero-order chi connectivity index (χ0) is 13.0. The van der Waals surface area contributed by atoms with Gasteiger partial charge in [-0.25, -0.2) is 4.98 Å². The number of nitrogens with zero attached hydrogens (tertiary/aromatic N) is 2. The summed E-state index contributed by atoms with van der Waals surface area (Å²) in [6, 6.07) is 0.604. The summed E-state index contributed by atoms with van der Waals surface area (Å²) in [5.74, 6) is 2.56. The Labute approximate surface area is 110 Å². The second-order valence-corrected chi connectivity index (χ2v) is 5.41. The molecule has 3 atom stereocenters. The van der Waals surface area contributed by atoms with E-state index in [1.165, 1.54) is 12.8 Å². The first-order chi connectivity index (χ1) is 8.74. The lowest BCUT2D eigenvalue weighted by Crippen LogP contribution is -2.17. The Morgan fingerprint density at radius 1 is 1.44 bits per heavy atom. The summed E-state index contributed by atoms with van der Waals surface area (Å²) in [5.41, 5.74) is 0. The highest BCUT2D eigenvalue weighted by atomic mass is 16.5. The van der Waals surface area contributed by atoms with E-state index in [9.17, 15) is 0 Å². The Kier molecular flexibility index (Phi) is 4.64. The zero-order valence-electron chi connectivity index (χ0n) is 11.7. The van der Waals surface area contributed by atoms with Crippen LogP contribution in [0, 0.1) is 11.8 Å². The van der Waals surface area contributed by atoms with Crippen molar-refractivity contribution in [3.8, 4) is 0 Å². The molecule has 102 valence electrons. The molecule has 0 aliphatic heterocycles. The van der Waals surface area contributed by atoms with Gasteiger partial charge in [-0.15, -0.1) is 0 Å². The fourth-order valence-corrected chi connectivity index (χ4v) is 2.87. The third kappa shape index (κ3) is 2.86. The van der Waals surface area contributed by atoms with E-state index < -0.39 is 0 Å². The van der Waals surface area contributed by atoms with Crippen LogP contribution in [0.3, 0.4) is 0 Å². The molecule has 0 radical (unpaired) electrons. The summed E-state index contributed by atoms with van der Waals surface area (Å²) >= 11 is 0. The minimum absolute atomic E-state index is 0.604. The number of imidazole rings is 1. The summed E-state index contributed by atoms with van der Waals surface area (Å²) < 4.78 is 7.38. The van der Waals surface area contributed by atoms with Crippen molar-refractivity contribution >= 4 is 5.95 Å². The average Bonchev–Trinajstić information content (AvgIpc) is 2.94. The number of hydrogen-bond donors (Lipinski definition) is 1. The maximum absolute atomic E-state index is 5.06. The maximum Gasteiger partial charge on any atom is 0.203 e. The Hall–Kier alpha value is -1.03. The highest BCUT2D eigenvalue weighted by Crippen LogP contribution is 2.40. The molecule has 18 heavy (non-hydrogen) atoms. The number of rotatable bonds is 6. The Morgan fingerprint density at radius 2 is 2.28 bits per heavy atom. The lowest BCUT2D eigenvalue weighted by Gasteiger charge is -2.22. The van der Waals surface area contributed by atoms with Crippen LogP contribution in [0.2, 0.25) is 0 Å². The van der Waals surface area contributed by atoms with Crippen molar-refractivity contribution in [1.29, 1.82) is 0 Å². The second-order valence-electron chi connectivity index (χ2n) is 5.41. The van der Waals surface area contributed by atoms with Crippen molar-refractivity contribution in [2.24, 2.45) is 11.8 Å². The normalized spacial score (nSPS) is 27.6. The first kappa shape index (κ1) is 13.4. The minimum Gasteiger partial charge on any atom is -0.385 e. The van der Waals surface area contributed by atoms with E-state index in [0.29, 0.717) is 6.04 Å². The molecule has 0 amide bonds. The monoisotopic (exact) mass is 251 g/mol. The maximum atomic E-state index is 5.06. The topological polar surface area (TPSA) is 39.1 Å². The van der Waals surface area contributed by atoms with Gasteiger partial charge in [0.25, 0.3) is 0 Å². The number of hydrogen-bond acceptors (Lipinski definition) is 3. The van der Waals surface area contributed by atoms with Crippen LogP contribution in [-0.2, 0) is 4.74 Å². The van der Waals surface area contributed by atoms with E-state index in [0.717, 1.165) is 37.4 Å². The molecule has 1 aromatic heterocycles. The van der Waals surface area contributed by atoms with E-state index in [-0.39, 0.29) is 0 Å². The first-order valence-electron chi connectivity index (χ1n) is 6.99. The van der Waals surface area contributed by atoms with Gasteiger partial charge in [0, 0.05) is 38.7 Å². The van der Waals surface area contributed by atoms with Gasteiger partial charge in [0.05, 0.1) is 0 Å². The number of methoxy groups -OCH3 is 1. The van der Waals surface area contributed by atoms with Crippen LogP contribution in [-0.4, -0.2) is 29.8 Å². The molecule has 1 saturated carbocycles. The van der Waals surface area contributed by atoms with Crippen LogP contribution >= 0.6 is 0 Å². The Bertz CT molecular complexity index is 364. The Morgan fingerprint density at radius 3 is 2.94 bits per heavy atom. The first-order valence-corrected chi connectivity index (χ1v) is 6.99. The van der Waals surface area contributed by atoms with Crippen molar-refractivity contribution in [3.05, 3.63) is 12.4 Å². The van der Waals surface area contributed by atoms with E-state index >= 15 is 0 Å². The highest BCUT2D eigenvalue weighted by molar-refractivity contribution is 5.27. The molecule has 1 aliphatic rings. The molecule has 1 fully saturated rings. The molecule has 1 aromatic rings. The molecule has 4 heteroatoms. The van der Waals surface area contributed by atoms with Crippen LogP contribution in [0.15, 0.2) is 12.4 Å². The van der Waals surface area contributed by atoms with Crippen LogP contribution in [0.1, 0.15) is 39.2 Å². The number of nitrogens with one attached hydrogen (secondary N) is 1. The van der Waals surface area contributed by atoms with Crippen molar-refractivity contribution in [3.63, 3.8) is 0 Å². The molecule has 0 spiro atoms. The smallest absolute Gasteiger partial charge is 0.203 e. The molecule has 0 saturated heterocycles. The number of anilines is 1. The fraction of sp³-hybridized carbons (Fsp3) is 0.786. The molecular weight excluding hydrogens is 226 g/mol. The third-order valence-corrected chi connectivity index (χ3v) is 4.26. The van der Waals surface area contributed by atoms with Gasteiger partial charge < -0.3 is 14.6 Å². The van der Waals surface area contributed by atoms with Crippen molar-refractivity contribution < 1.29 is 4.74 Å². The predicted octanol–water partition coefficient (Wildman–Crippen LogP) is 2.94. The van der Waals surface area contributed by atoms with Gasteiger partial charge in [0.15, 0.2) is 0 Å². The summed E-state index contributed by atoms with van der Waals surface area (Å²) in [7, 11) is 1.74. The van der Waals surface area contributed by atoms with Crippen molar-refractivity contribution in [2.45, 2.75) is 39.2 Å². The van der Waals surface area contributed by atoms with E-state index in [4.69, 9.17) is 4.74 Å². The lowest BCUT2D eigenvalue weighted by atomic mass is 9.98. The van der Waals surface area contributed by atoms with Gasteiger partial charge >= 0.3 is 0 Å². The molecule has 3 unspecified atom stereocenters. The van der Waals surface area contributed by atoms with Crippen LogP contribution in [0.25, 0.3) is 0 Å². The average molecular weight is 251 g/mol. The van der Waals surface area contributed by atoms with Gasteiger partial charge in [0.1, 0.15) is 0 Å². The van der Waals surface area contributed by atoms with Gasteiger partial charge in [-0.2, -0.15) is 0 Å². The van der Waals surface area contributed by atoms with Gasteiger partial charge in [-0.1, -0.05) is 13.8 Å². The SMILES string of the molecule is COCCCNc1nccn1C1CCC(C)C1C. The van der Waals surface area contributed by atoms with Crippen LogP contribution in [0.5, 0.6) is 0 Å². The number of aromatic nitrogens is 2. The van der Waals surface area contributed by atoms with Crippen molar-refractivity contribution in [2.75, 3.05) is 25.6 Å². The molecular formula is C14H25N3O. The van der Waals surface area contributed by atoms with E-state index in [2.05, 4.69) is 34.9 Å². The molecule has 4 nitrogen and oxygen atoms in total. The van der Waals surface area contributed by atoms with Crippen molar-refractivity contribution in [1.82, 2.24) is 9.55 Å². The Balaban J connectivity index is 1.95. The second kappa shape index (κ2) is 6.23. The summed E-state index contributed by atoms with van der Waals surface area (Å²) in [5, 5.41) is 3.41. The zero-order valence-corrected chi connectivity index (χ0v) is 11.7. The molecule has 1 N–H and O–H groups in total. The van der Waals surface area contributed by atoms with Gasteiger partial charge in [-0.3, -0.25) is 0 Å². The number of ether oxygens (including phenoxy) is 1. The molecule has 2 rings (SSSR count). The highest BCUT2D eigenvalue weighted by Gasteiger charge is 2.31. The van der Waals surface area contributed by atoms with Crippen LogP contribution < -0.4 is 5.32 Å². The molecule has 1 aliphatic carbocycles. The van der Waals surface area contributed by atoms with E-state index in [1.54, 1.807) is 7.11 Å². The van der Waals surface area contributed by atoms with Gasteiger partial charge in [0.2, 0.25) is 5.95 Å². The minimum atomic E-state index is 0.604. The standard InChI is InChI=1S/C14H25N3O/c1-11-5-6-13(12(11)2)17-9-8-16-14(17)15-7-4-10-18-3/h8-9,11-13H,4-7,10H2,1-3H3,(H,15,16). The largest absolute Gasteiger partial charge is 0.385 e. The summed E-state index contributed by atoms with van der Waals surface area (Å²) in [6.45, 7) is 6.43. The summed E-state index contributed by atoms with van der Waals surface area (Å²) in [4.78, 5) is 4.43. The molecule has 0 bridgehead atoms. The lowest BCUT2D eigenvalue weighted by molar-refractivity contribution is 0.197.